The molecule has 92 valence electrons. The van der Waals surface area contributed by atoms with Gasteiger partial charge in [0.25, 0.3) is 0 Å². The van der Waals surface area contributed by atoms with Gasteiger partial charge < -0.3 is 10.2 Å². The predicted octanol–water partition coefficient (Wildman–Crippen LogP) is 2.55. The van der Waals surface area contributed by atoms with Crippen molar-refractivity contribution in [3.63, 3.8) is 0 Å². The second kappa shape index (κ2) is 4.37. The number of benzene rings is 1. The van der Waals surface area contributed by atoms with Gasteiger partial charge in [0.15, 0.2) is 11.5 Å². The molecule has 0 unspecified atom stereocenters. The SMILES string of the molecule is CC(C)(C)C(=O)C(=O)c1ccc(O)c(O)c1Cl. The first kappa shape index (κ1) is 13.5. The van der Waals surface area contributed by atoms with Crippen LogP contribution in [-0.2, 0) is 4.79 Å². The number of halogens is 1. The van der Waals surface area contributed by atoms with Gasteiger partial charge in [-0.25, -0.2) is 0 Å². The molecule has 0 radical (unpaired) electrons. The molecule has 1 rings (SSSR count). The number of phenols is 2. The first-order valence-corrected chi connectivity index (χ1v) is 5.33. The molecule has 5 heteroatoms. The van der Waals surface area contributed by atoms with Crippen LogP contribution in [0.4, 0.5) is 0 Å². The zero-order valence-electron chi connectivity index (χ0n) is 9.74. The maximum atomic E-state index is 11.8. The number of hydrogen-bond acceptors (Lipinski definition) is 4. The average Bonchev–Trinajstić information content (AvgIpc) is 2.23. The van der Waals surface area contributed by atoms with E-state index in [0.717, 1.165) is 6.07 Å². The molecule has 0 aromatic heterocycles. The van der Waals surface area contributed by atoms with Crippen molar-refractivity contribution in [3.05, 3.63) is 22.7 Å². The van der Waals surface area contributed by atoms with Crippen molar-refractivity contribution in [1.29, 1.82) is 0 Å². The Morgan fingerprint density at radius 1 is 1.18 bits per heavy atom. The zero-order chi connectivity index (χ0) is 13.4. The van der Waals surface area contributed by atoms with Crippen LogP contribution in [0.15, 0.2) is 12.1 Å². The minimum Gasteiger partial charge on any atom is -0.504 e. The number of Topliss-reactive ketones (excluding diaryl/α,β-unsaturated/α-hetero) is 2. The van der Waals surface area contributed by atoms with Crippen molar-refractivity contribution >= 4 is 23.2 Å². The summed E-state index contributed by atoms with van der Waals surface area (Å²) in [7, 11) is 0. The maximum absolute atomic E-state index is 11.8. The first-order valence-electron chi connectivity index (χ1n) is 4.96. The van der Waals surface area contributed by atoms with E-state index < -0.39 is 28.5 Å². The predicted molar refractivity (Wildman–Crippen MR) is 63.6 cm³/mol. The molecule has 0 saturated carbocycles. The zero-order valence-corrected chi connectivity index (χ0v) is 10.5. The normalized spacial score (nSPS) is 11.3. The Morgan fingerprint density at radius 3 is 2.18 bits per heavy atom. The van der Waals surface area contributed by atoms with Crippen LogP contribution < -0.4 is 0 Å². The summed E-state index contributed by atoms with van der Waals surface area (Å²) in [6.07, 6.45) is 0. The van der Waals surface area contributed by atoms with E-state index in [1.54, 1.807) is 20.8 Å². The lowest BCUT2D eigenvalue weighted by Gasteiger charge is -2.16. The molecule has 1 aromatic rings. The van der Waals surface area contributed by atoms with Crippen molar-refractivity contribution in [2.45, 2.75) is 20.8 Å². The van der Waals surface area contributed by atoms with Gasteiger partial charge in [0.2, 0.25) is 11.6 Å². The van der Waals surface area contributed by atoms with Crippen LogP contribution in [0.2, 0.25) is 5.02 Å². The lowest BCUT2D eigenvalue weighted by Crippen LogP contribution is -2.28. The lowest BCUT2D eigenvalue weighted by atomic mass is 9.86. The van der Waals surface area contributed by atoms with Crippen LogP contribution in [-0.4, -0.2) is 21.8 Å². The van der Waals surface area contributed by atoms with Crippen LogP contribution in [0.25, 0.3) is 0 Å². The van der Waals surface area contributed by atoms with Crippen molar-refractivity contribution in [2.75, 3.05) is 0 Å². The van der Waals surface area contributed by atoms with Crippen LogP contribution in [0.3, 0.4) is 0 Å². The summed E-state index contributed by atoms with van der Waals surface area (Å²) in [5, 5.41) is 18.2. The number of phenolic OH excluding ortho intramolecular Hbond substituents is 2. The summed E-state index contributed by atoms with van der Waals surface area (Å²) in [6.45, 7) is 4.84. The highest BCUT2D eigenvalue weighted by Crippen LogP contribution is 2.36. The molecule has 1 aromatic carbocycles. The number of aromatic hydroxyl groups is 2. The van der Waals surface area contributed by atoms with Gasteiger partial charge in [0.1, 0.15) is 0 Å². The van der Waals surface area contributed by atoms with Crippen LogP contribution in [0, 0.1) is 5.41 Å². The van der Waals surface area contributed by atoms with E-state index in [1.165, 1.54) is 6.07 Å². The number of ketones is 2. The lowest BCUT2D eigenvalue weighted by molar-refractivity contribution is -0.121. The van der Waals surface area contributed by atoms with Crippen molar-refractivity contribution < 1.29 is 19.8 Å². The first-order chi connectivity index (χ1) is 7.66. The average molecular weight is 257 g/mol. The van der Waals surface area contributed by atoms with E-state index in [0.29, 0.717) is 0 Å². The van der Waals surface area contributed by atoms with Crippen LogP contribution >= 0.6 is 11.6 Å². The van der Waals surface area contributed by atoms with Crippen LogP contribution in [0.5, 0.6) is 11.5 Å². The number of carbonyl (C=O) groups is 2. The Bertz CT molecular complexity index is 486. The minimum absolute atomic E-state index is 0.109. The molecule has 17 heavy (non-hydrogen) atoms. The van der Waals surface area contributed by atoms with Gasteiger partial charge in [-0.1, -0.05) is 32.4 Å². The molecule has 0 fully saturated rings. The van der Waals surface area contributed by atoms with Gasteiger partial charge in [-0.05, 0) is 12.1 Å². The fourth-order valence-electron chi connectivity index (χ4n) is 1.19. The third-order valence-corrected chi connectivity index (χ3v) is 2.61. The second-order valence-corrected chi connectivity index (χ2v) is 5.08. The highest BCUT2D eigenvalue weighted by molar-refractivity contribution is 6.49. The molecular weight excluding hydrogens is 244 g/mol. The topological polar surface area (TPSA) is 74.6 Å². The van der Waals surface area contributed by atoms with E-state index in [4.69, 9.17) is 11.6 Å². The molecule has 4 nitrogen and oxygen atoms in total. The van der Waals surface area contributed by atoms with Gasteiger partial charge in [-0.15, -0.1) is 0 Å². The largest absolute Gasteiger partial charge is 0.504 e. The van der Waals surface area contributed by atoms with Crippen molar-refractivity contribution in [1.82, 2.24) is 0 Å². The van der Waals surface area contributed by atoms with E-state index >= 15 is 0 Å². The molecule has 0 saturated heterocycles. The van der Waals surface area contributed by atoms with E-state index in [9.17, 15) is 19.8 Å². The molecule has 0 spiro atoms. The Kier molecular flexibility index (Phi) is 3.48. The summed E-state index contributed by atoms with van der Waals surface area (Å²) in [5.41, 5.74) is -0.935. The monoisotopic (exact) mass is 256 g/mol. The van der Waals surface area contributed by atoms with Crippen molar-refractivity contribution in [3.8, 4) is 11.5 Å². The molecule has 0 aliphatic carbocycles. The fraction of sp³-hybridized carbons (Fsp3) is 0.333. The highest BCUT2D eigenvalue weighted by Gasteiger charge is 2.31. The van der Waals surface area contributed by atoms with E-state index in [-0.39, 0.29) is 10.6 Å². The minimum atomic E-state index is -0.825. The summed E-state index contributed by atoms with van der Waals surface area (Å²) < 4.78 is 0. The molecular formula is C12H13ClO4. The summed E-state index contributed by atoms with van der Waals surface area (Å²) >= 11 is 5.70. The quantitative estimate of drug-likeness (QED) is 0.484. The van der Waals surface area contributed by atoms with Gasteiger partial charge >= 0.3 is 0 Å². The Labute approximate surface area is 104 Å². The Balaban J connectivity index is 3.24. The Morgan fingerprint density at radius 2 is 1.71 bits per heavy atom. The van der Waals surface area contributed by atoms with Gasteiger partial charge in [-0.3, -0.25) is 9.59 Å². The summed E-state index contributed by atoms with van der Waals surface area (Å²) in [6, 6.07) is 2.33. The smallest absolute Gasteiger partial charge is 0.230 e. The molecule has 2 N–H and O–H groups in total. The molecule has 0 heterocycles. The van der Waals surface area contributed by atoms with E-state index in [1.807, 2.05) is 0 Å². The fourth-order valence-corrected chi connectivity index (χ4v) is 1.44. The van der Waals surface area contributed by atoms with Gasteiger partial charge in [0, 0.05) is 11.0 Å². The molecule has 0 aliphatic heterocycles. The summed E-state index contributed by atoms with van der Waals surface area (Å²) in [5.74, 6) is -2.42. The number of carbonyl (C=O) groups excluding carboxylic acids is 2. The highest BCUT2D eigenvalue weighted by atomic mass is 35.5. The maximum Gasteiger partial charge on any atom is 0.230 e. The molecule has 0 atom stereocenters. The second-order valence-electron chi connectivity index (χ2n) is 4.70. The molecule has 0 amide bonds. The van der Waals surface area contributed by atoms with Gasteiger partial charge in [-0.2, -0.15) is 0 Å². The number of hydrogen-bond donors (Lipinski definition) is 2. The third kappa shape index (κ3) is 2.58. The third-order valence-electron chi connectivity index (χ3n) is 2.23. The molecule has 0 aliphatic rings. The van der Waals surface area contributed by atoms with Gasteiger partial charge in [0.05, 0.1) is 5.02 Å². The van der Waals surface area contributed by atoms with E-state index in [2.05, 4.69) is 0 Å². The van der Waals surface area contributed by atoms with Crippen LogP contribution in [0.1, 0.15) is 31.1 Å². The standard InChI is InChI=1S/C12H13ClO4/c1-12(2,3)11(17)9(15)6-4-5-7(14)10(16)8(6)13/h4-5,14,16H,1-3H3. The molecule has 0 bridgehead atoms. The summed E-state index contributed by atoms with van der Waals surface area (Å²) in [4.78, 5) is 23.6. The Hall–Kier alpha value is -1.55. The number of rotatable bonds is 2. The van der Waals surface area contributed by atoms with Crippen molar-refractivity contribution in [2.24, 2.45) is 5.41 Å².